The Morgan fingerprint density at radius 2 is 0.839 bits per heavy atom. The molecule has 3 saturated heterocycles. The molecule has 0 radical (unpaired) electrons. The lowest BCUT2D eigenvalue weighted by Gasteiger charge is -2.47. The highest BCUT2D eigenvalue weighted by Crippen LogP contribution is 2.32. The highest BCUT2D eigenvalue weighted by Gasteiger charge is 2.52. The summed E-state index contributed by atoms with van der Waals surface area (Å²) >= 11 is 0. The normalized spacial score (nSPS) is 56.4. The predicted molar refractivity (Wildman–Crippen MR) is 97.0 cm³/mol. The Morgan fingerprint density at radius 1 is 0.452 bits per heavy atom. The van der Waals surface area contributed by atoms with Crippen LogP contribution in [0.5, 0.6) is 0 Å². The summed E-state index contributed by atoms with van der Waals surface area (Å²) in [7, 11) is 0. The highest BCUT2D eigenvalue weighted by molar-refractivity contribution is 4.94. The van der Waals surface area contributed by atoms with E-state index in [0.717, 1.165) is 0 Å². The smallest absolute Gasteiger partial charge is 0.187 e. The lowest BCUT2D eigenvalue weighted by atomic mass is 9.97. The Hall–Kier alpha value is -0.520. The van der Waals surface area contributed by atoms with Gasteiger partial charge in [-0.3, -0.25) is 0 Å². The van der Waals surface area contributed by atoms with Crippen LogP contribution < -0.4 is 0 Å². The first-order valence-electron chi connectivity index (χ1n) is 10.2. The van der Waals surface area contributed by atoms with Gasteiger partial charge in [-0.25, -0.2) is 0 Å². The maximum atomic E-state index is 10.6. The molecule has 13 nitrogen and oxygen atoms in total. The SMILES string of the molecule is C[C@@H]1O[C@@H](O[C@@H]2[C@@H](O)[C@H](C)OC(O)[C@@H]2O[C@@H]2O[C@@H](C)[C@@H](O)[C@@H](O)[C@@H]2O)[C@H](O)[C@H](O)[C@H]1O. The summed E-state index contributed by atoms with van der Waals surface area (Å²) in [6.07, 6.45) is -21.1. The predicted octanol–water partition coefficient (Wildman–Crippen LogP) is -4.49. The van der Waals surface area contributed by atoms with E-state index in [4.69, 9.17) is 23.7 Å². The zero-order valence-corrected chi connectivity index (χ0v) is 17.3. The third kappa shape index (κ3) is 4.89. The van der Waals surface area contributed by atoms with E-state index in [0.29, 0.717) is 0 Å². The van der Waals surface area contributed by atoms with Crippen LogP contribution in [-0.4, -0.2) is 133 Å². The first-order valence-corrected chi connectivity index (χ1v) is 10.2. The summed E-state index contributed by atoms with van der Waals surface area (Å²) < 4.78 is 27.2. The van der Waals surface area contributed by atoms with Gasteiger partial charge in [-0.05, 0) is 20.8 Å². The Kier molecular flexibility index (Phi) is 7.91. The molecule has 31 heavy (non-hydrogen) atoms. The molecule has 3 rings (SSSR count). The average Bonchev–Trinajstić information content (AvgIpc) is 2.72. The van der Waals surface area contributed by atoms with Crippen molar-refractivity contribution in [2.24, 2.45) is 0 Å². The Morgan fingerprint density at radius 3 is 1.29 bits per heavy atom. The molecule has 8 N–H and O–H groups in total. The van der Waals surface area contributed by atoms with Crippen LogP contribution in [-0.2, 0) is 23.7 Å². The first kappa shape index (κ1) is 25.1. The summed E-state index contributed by atoms with van der Waals surface area (Å²) in [5.41, 5.74) is 0. The van der Waals surface area contributed by atoms with Gasteiger partial charge in [0.1, 0.15) is 54.9 Å². The number of rotatable bonds is 4. The minimum Gasteiger partial charge on any atom is -0.388 e. The van der Waals surface area contributed by atoms with Gasteiger partial charge in [-0.15, -0.1) is 0 Å². The molecule has 0 spiro atoms. The van der Waals surface area contributed by atoms with Gasteiger partial charge in [0.25, 0.3) is 0 Å². The van der Waals surface area contributed by atoms with Crippen LogP contribution in [0, 0.1) is 0 Å². The quantitative estimate of drug-likeness (QED) is 0.201. The second kappa shape index (κ2) is 9.77. The fraction of sp³-hybridized carbons (Fsp3) is 1.00. The lowest BCUT2D eigenvalue weighted by Crippen LogP contribution is -2.65. The van der Waals surface area contributed by atoms with Crippen LogP contribution in [0.3, 0.4) is 0 Å². The van der Waals surface area contributed by atoms with Crippen LogP contribution in [0.1, 0.15) is 20.8 Å². The van der Waals surface area contributed by atoms with Crippen LogP contribution in [0.2, 0.25) is 0 Å². The second-order valence-corrected chi connectivity index (χ2v) is 8.29. The summed E-state index contributed by atoms with van der Waals surface area (Å²) in [6, 6.07) is 0. The molecule has 3 fully saturated rings. The van der Waals surface area contributed by atoms with E-state index in [-0.39, 0.29) is 0 Å². The zero-order chi connectivity index (χ0) is 23.2. The third-order valence-corrected chi connectivity index (χ3v) is 5.98. The van der Waals surface area contributed by atoms with E-state index in [1.165, 1.54) is 20.8 Å². The molecule has 15 atom stereocenters. The van der Waals surface area contributed by atoms with Gasteiger partial charge < -0.3 is 64.5 Å². The fourth-order valence-electron chi connectivity index (χ4n) is 3.87. The second-order valence-electron chi connectivity index (χ2n) is 8.29. The Bertz CT molecular complexity index is 595. The van der Waals surface area contributed by atoms with Gasteiger partial charge in [-0.2, -0.15) is 0 Å². The number of ether oxygens (including phenoxy) is 5. The average molecular weight is 456 g/mol. The Balaban J connectivity index is 1.78. The van der Waals surface area contributed by atoms with Gasteiger partial charge in [-0.1, -0.05) is 0 Å². The van der Waals surface area contributed by atoms with Crippen LogP contribution in [0.4, 0.5) is 0 Å². The van der Waals surface area contributed by atoms with Crippen molar-refractivity contribution in [1.29, 1.82) is 0 Å². The van der Waals surface area contributed by atoms with Gasteiger partial charge in [0.15, 0.2) is 18.9 Å². The summed E-state index contributed by atoms with van der Waals surface area (Å²) in [5.74, 6) is 0. The van der Waals surface area contributed by atoms with Crippen molar-refractivity contribution in [2.75, 3.05) is 0 Å². The van der Waals surface area contributed by atoms with Crippen LogP contribution >= 0.6 is 0 Å². The molecule has 0 bridgehead atoms. The summed E-state index contributed by atoms with van der Waals surface area (Å²) in [4.78, 5) is 0. The standard InChI is InChI=1S/C18H32O13/c1-4-7(19)10(22)12(24)17(28-4)30-14-9(21)6(3)27-16(26)15(14)31-18-13(25)11(23)8(20)5(2)29-18/h4-26H,1-3H3/t4-,5-,6-,7-,8+,9-,10+,11+,12+,13-,14+,15+,16?,17-,18-/m0/s1. The maximum absolute atomic E-state index is 10.6. The van der Waals surface area contributed by atoms with Crippen molar-refractivity contribution < 1.29 is 64.5 Å². The largest absolute Gasteiger partial charge is 0.388 e. The van der Waals surface area contributed by atoms with Gasteiger partial charge in [0.05, 0.1) is 18.3 Å². The van der Waals surface area contributed by atoms with E-state index in [1.807, 2.05) is 0 Å². The molecule has 1 unspecified atom stereocenters. The van der Waals surface area contributed by atoms with E-state index in [9.17, 15) is 40.9 Å². The molecular weight excluding hydrogens is 424 g/mol. The molecule has 0 aromatic heterocycles. The molecule has 0 aromatic carbocycles. The molecule has 0 aromatic rings. The van der Waals surface area contributed by atoms with E-state index < -0.39 is 92.1 Å². The molecule has 13 heteroatoms. The third-order valence-electron chi connectivity index (χ3n) is 5.98. The number of hydrogen-bond donors (Lipinski definition) is 8. The highest BCUT2D eigenvalue weighted by atomic mass is 16.8. The van der Waals surface area contributed by atoms with E-state index in [1.54, 1.807) is 0 Å². The van der Waals surface area contributed by atoms with Crippen molar-refractivity contribution in [3.8, 4) is 0 Å². The Labute approximate surface area is 178 Å². The van der Waals surface area contributed by atoms with Crippen molar-refractivity contribution in [1.82, 2.24) is 0 Å². The maximum Gasteiger partial charge on any atom is 0.187 e. The number of hydrogen-bond acceptors (Lipinski definition) is 13. The van der Waals surface area contributed by atoms with Gasteiger partial charge in [0, 0.05) is 0 Å². The van der Waals surface area contributed by atoms with Gasteiger partial charge >= 0.3 is 0 Å². The molecule has 182 valence electrons. The summed E-state index contributed by atoms with van der Waals surface area (Å²) in [5, 5.41) is 81.0. The molecular formula is C18H32O13. The number of aliphatic hydroxyl groups is 8. The minimum absolute atomic E-state index is 0.914. The van der Waals surface area contributed by atoms with E-state index >= 15 is 0 Å². The van der Waals surface area contributed by atoms with Gasteiger partial charge in [0.2, 0.25) is 0 Å². The molecule has 3 aliphatic heterocycles. The van der Waals surface area contributed by atoms with Crippen molar-refractivity contribution in [3.63, 3.8) is 0 Å². The first-order chi connectivity index (χ1) is 14.4. The van der Waals surface area contributed by atoms with E-state index in [2.05, 4.69) is 0 Å². The van der Waals surface area contributed by atoms with Crippen molar-refractivity contribution >= 4 is 0 Å². The van der Waals surface area contributed by atoms with Crippen molar-refractivity contribution in [3.05, 3.63) is 0 Å². The zero-order valence-electron chi connectivity index (χ0n) is 17.3. The monoisotopic (exact) mass is 456 g/mol. The minimum atomic E-state index is -1.69. The molecule has 0 amide bonds. The molecule has 3 heterocycles. The van der Waals surface area contributed by atoms with Crippen molar-refractivity contribution in [2.45, 2.75) is 113 Å². The molecule has 0 aliphatic carbocycles. The number of aliphatic hydroxyl groups excluding tert-OH is 8. The van der Waals surface area contributed by atoms with Crippen LogP contribution in [0.25, 0.3) is 0 Å². The molecule has 3 aliphatic rings. The lowest BCUT2D eigenvalue weighted by molar-refractivity contribution is -0.382. The topological polar surface area (TPSA) is 208 Å². The fourth-order valence-corrected chi connectivity index (χ4v) is 3.87. The van der Waals surface area contributed by atoms with Crippen LogP contribution in [0.15, 0.2) is 0 Å². The molecule has 0 saturated carbocycles. The summed E-state index contributed by atoms with van der Waals surface area (Å²) in [6.45, 7) is 4.34.